The van der Waals surface area contributed by atoms with Crippen molar-refractivity contribution >= 4 is 23.1 Å². The molecule has 0 fully saturated rings. The van der Waals surface area contributed by atoms with E-state index in [4.69, 9.17) is 0 Å². The smallest absolute Gasteiger partial charge is 0.872 e. The SMILES string of the molecule is [Mg+2].[O-]c1ccccc1.[O-]c1ccccc1. The second-order valence-corrected chi connectivity index (χ2v) is 2.63. The number of hydrogen-bond acceptors (Lipinski definition) is 2. The van der Waals surface area contributed by atoms with Crippen LogP contribution in [0, 0.1) is 0 Å². The Hall–Kier alpha value is -1.19. The fourth-order valence-electron chi connectivity index (χ4n) is 0.841. The Labute approximate surface area is 105 Å². The van der Waals surface area contributed by atoms with Gasteiger partial charge in [-0.05, 0) is 0 Å². The number of benzene rings is 2. The van der Waals surface area contributed by atoms with Gasteiger partial charge in [0.25, 0.3) is 0 Å². The molecule has 0 N–H and O–H groups in total. The largest absolute Gasteiger partial charge is 2.00 e. The van der Waals surface area contributed by atoms with E-state index >= 15 is 0 Å². The topological polar surface area (TPSA) is 46.1 Å². The van der Waals surface area contributed by atoms with Crippen molar-refractivity contribution in [3.05, 3.63) is 60.7 Å². The van der Waals surface area contributed by atoms with Crippen LogP contribution < -0.4 is 10.2 Å². The first-order valence-corrected chi connectivity index (χ1v) is 4.23. The van der Waals surface area contributed by atoms with Crippen LogP contribution in [0.25, 0.3) is 0 Å². The molecule has 0 aliphatic carbocycles. The summed E-state index contributed by atoms with van der Waals surface area (Å²) in [6.45, 7) is 0. The zero-order valence-corrected chi connectivity index (χ0v) is 9.71. The van der Waals surface area contributed by atoms with Crippen molar-refractivity contribution in [1.29, 1.82) is 0 Å². The van der Waals surface area contributed by atoms with E-state index in [1.807, 2.05) is 12.1 Å². The van der Waals surface area contributed by atoms with Gasteiger partial charge in [0.05, 0.1) is 0 Å². The maximum atomic E-state index is 10.3. The molecule has 0 saturated heterocycles. The Morgan fingerprint density at radius 3 is 0.933 bits per heavy atom. The molecule has 2 aromatic rings. The molecule has 2 rings (SSSR count). The molecule has 2 nitrogen and oxygen atoms in total. The van der Waals surface area contributed by atoms with Crippen molar-refractivity contribution in [3.8, 4) is 11.5 Å². The van der Waals surface area contributed by atoms with Crippen LogP contribution >= 0.6 is 0 Å². The van der Waals surface area contributed by atoms with E-state index in [-0.39, 0.29) is 34.6 Å². The monoisotopic (exact) mass is 210 g/mol. The second kappa shape index (κ2) is 8.14. The van der Waals surface area contributed by atoms with Crippen molar-refractivity contribution in [1.82, 2.24) is 0 Å². The summed E-state index contributed by atoms with van der Waals surface area (Å²) in [5.41, 5.74) is 0. The van der Waals surface area contributed by atoms with Gasteiger partial charge in [0.15, 0.2) is 0 Å². The quantitative estimate of drug-likeness (QED) is 0.612. The zero-order chi connectivity index (χ0) is 10.2. The predicted molar refractivity (Wildman–Crippen MR) is 57.5 cm³/mol. The minimum Gasteiger partial charge on any atom is -0.872 e. The van der Waals surface area contributed by atoms with Gasteiger partial charge >= 0.3 is 23.1 Å². The van der Waals surface area contributed by atoms with E-state index in [0.29, 0.717) is 0 Å². The van der Waals surface area contributed by atoms with Crippen LogP contribution in [-0.4, -0.2) is 23.1 Å². The van der Waals surface area contributed by atoms with Gasteiger partial charge in [-0.1, -0.05) is 60.7 Å². The fourth-order valence-corrected chi connectivity index (χ4v) is 0.841. The molecule has 0 heterocycles. The number of rotatable bonds is 0. The summed E-state index contributed by atoms with van der Waals surface area (Å²) in [5, 5.41) is 20.5. The molecule has 15 heavy (non-hydrogen) atoms. The molecular formula is C12H10MgO2. The molecule has 0 aliphatic heterocycles. The molecular weight excluding hydrogens is 200 g/mol. The van der Waals surface area contributed by atoms with Crippen LogP contribution in [-0.2, 0) is 0 Å². The van der Waals surface area contributed by atoms with Gasteiger partial charge in [-0.15, -0.1) is 11.5 Å². The van der Waals surface area contributed by atoms with Gasteiger partial charge in [-0.2, -0.15) is 0 Å². The first kappa shape index (κ1) is 13.8. The molecule has 0 radical (unpaired) electrons. The number of para-hydroxylation sites is 2. The maximum Gasteiger partial charge on any atom is 2.00 e. The summed E-state index contributed by atoms with van der Waals surface area (Å²) in [5.74, 6) is 0.144. The molecule has 0 bridgehead atoms. The third kappa shape index (κ3) is 6.82. The number of hydrogen-bond donors (Lipinski definition) is 0. The Kier molecular flexibility index (Phi) is 7.49. The molecule has 3 heteroatoms. The molecule has 72 valence electrons. The summed E-state index contributed by atoms with van der Waals surface area (Å²) in [6.07, 6.45) is 0. The minimum absolute atomic E-state index is 0. The van der Waals surface area contributed by atoms with Gasteiger partial charge < -0.3 is 10.2 Å². The third-order valence-corrected chi connectivity index (χ3v) is 1.49. The van der Waals surface area contributed by atoms with Crippen LogP contribution in [0.5, 0.6) is 11.5 Å². The van der Waals surface area contributed by atoms with Crippen molar-refractivity contribution in [2.45, 2.75) is 0 Å². The molecule has 0 aromatic heterocycles. The maximum absolute atomic E-state index is 10.3. The van der Waals surface area contributed by atoms with Gasteiger partial charge in [-0.25, -0.2) is 0 Å². The van der Waals surface area contributed by atoms with Gasteiger partial charge in [-0.3, -0.25) is 0 Å². The molecule has 0 atom stereocenters. The minimum atomic E-state index is 0. The van der Waals surface area contributed by atoms with Crippen LogP contribution in [0.2, 0.25) is 0 Å². The van der Waals surface area contributed by atoms with Crippen LogP contribution in [0.1, 0.15) is 0 Å². The summed E-state index contributed by atoms with van der Waals surface area (Å²) in [7, 11) is 0. The first-order valence-electron chi connectivity index (χ1n) is 4.23. The first-order chi connectivity index (χ1) is 6.79. The van der Waals surface area contributed by atoms with Crippen molar-refractivity contribution in [2.24, 2.45) is 0 Å². The van der Waals surface area contributed by atoms with Gasteiger partial charge in [0, 0.05) is 0 Å². The summed E-state index contributed by atoms with van der Waals surface area (Å²) in [4.78, 5) is 0. The summed E-state index contributed by atoms with van der Waals surface area (Å²) in [6, 6.07) is 16.7. The Bertz CT molecular complexity index is 311. The van der Waals surface area contributed by atoms with Crippen LogP contribution in [0.15, 0.2) is 60.7 Å². The van der Waals surface area contributed by atoms with Gasteiger partial charge in [0.1, 0.15) is 0 Å². The summed E-state index contributed by atoms with van der Waals surface area (Å²) >= 11 is 0. The zero-order valence-electron chi connectivity index (χ0n) is 8.30. The molecule has 0 spiro atoms. The molecule has 0 aliphatic rings. The normalized spacial score (nSPS) is 8.00. The summed E-state index contributed by atoms with van der Waals surface area (Å²) < 4.78 is 0. The van der Waals surface area contributed by atoms with Crippen LogP contribution in [0.4, 0.5) is 0 Å². The molecule has 0 saturated carbocycles. The van der Waals surface area contributed by atoms with Crippen molar-refractivity contribution in [2.75, 3.05) is 0 Å². The molecule has 2 aromatic carbocycles. The molecule has 0 amide bonds. The van der Waals surface area contributed by atoms with Crippen molar-refractivity contribution in [3.63, 3.8) is 0 Å². The fraction of sp³-hybridized carbons (Fsp3) is 0. The standard InChI is InChI=1S/2C6H6O.Mg/c2*7-6-4-2-1-3-5-6;/h2*1-5,7H;/q;;+2/p-2. The Morgan fingerprint density at radius 2 is 0.800 bits per heavy atom. The van der Waals surface area contributed by atoms with E-state index in [1.54, 1.807) is 24.3 Å². The van der Waals surface area contributed by atoms with E-state index < -0.39 is 0 Å². The predicted octanol–water partition coefficient (Wildman–Crippen LogP) is 1.14. The van der Waals surface area contributed by atoms with Crippen LogP contribution in [0.3, 0.4) is 0 Å². The Balaban J connectivity index is 0.000000245. The third-order valence-electron chi connectivity index (χ3n) is 1.49. The van der Waals surface area contributed by atoms with E-state index in [2.05, 4.69) is 0 Å². The average molecular weight is 211 g/mol. The second-order valence-electron chi connectivity index (χ2n) is 2.63. The van der Waals surface area contributed by atoms with E-state index in [9.17, 15) is 10.2 Å². The van der Waals surface area contributed by atoms with Crippen molar-refractivity contribution < 1.29 is 10.2 Å². The van der Waals surface area contributed by atoms with Gasteiger partial charge in [0.2, 0.25) is 0 Å². The Morgan fingerprint density at radius 1 is 0.533 bits per heavy atom. The van der Waals surface area contributed by atoms with E-state index in [0.717, 1.165) is 0 Å². The van der Waals surface area contributed by atoms with E-state index in [1.165, 1.54) is 24.3 Å². The average Bonchev–Trinajstić information content (AvgIpc) is 2.21. The molecule has 0 unspecified atom stereocenters.